The minimum absolute atomic E-state index is 0.214. The summed E-state index contributed by atoms with van der Waals surface area (Å²) in [6.07, 6.45) is 1.37. The topological polar surface area (TPSA) is 101 Å². The SMILES string of the molecule is COc1ccccc1Oc1ncnc(Nc2ccc3c(c2)OCO3)c1N. The summed E-state index contributed by atoms with van der Waals surface area (Å²) in [5.41, 5.74) is 7.20. The number of para-hydroxylation sites is 2. The van der Waals surface area contributed by atoms with Crippen molar-refractivity contribution in [3.05, 3.63) is 48.8 Å². The summed E-state index contributed by atoms with van der Waals surface area (Å²) in [7, 11) is 1.57. The Morgan fingerprint density at radius 3 is 2.69 bits per heavy atom. The van der Waals surface area contributed by atoms with Crippen molar-refractivity contribution in [2.75, 3.05) is 25.0 Å². The Kier molecular flexibility index (Phi) is 4.06. The average Bonchev–Trinajstić information content (AvgIpc) is 3.13. The van der Waals surface area contributed by atoms with Crippen LogP contribution in [0.1, 0.15) is 0 Å². The number of aromatic nitrogens is 2. The fourth-order valence-electron chi connectivity index (χ4n) is 2.48. The number of hydrogen-bond donors (Lipinski definition) is 2. The molecule has 132 valence electrons. The van der Waals surface area contributed by atoms with Crippen molar-refractivity contribution in [3.8, 4) is 28.9 Å². The van der Waals surface area contributed by atoms with Gasteiger partial charge in [-0.2, -0.15) is 4.98 Å². The first-order chi connectivity index (χ1) is 12.7. The normalized spacial score (nSPS) is 11.9. The van der Waals surface area contributed by atoms with Gasteiger partial charge in [0.25, 0.3) is 0 Å². The van der Waals surface area contributed by atoms with Crippen molar-refractivity contribution in [3.63, 3.8) is 0 Å². The molecule has 4 rings (SSSR count). The molecule has 0 spiro atoms. The summed E-state index contributed by atoms with van der Waals surface area (Å²) in [4.78, 5) is 8.29. The lowest BCUT2D eigenvalue weighted by Gasteiger charge is -2.13. The highest BCUT2D eigenvalue weighted by molar-refractivity contribution is 5.73. The molecular weight excluding hydrogens is 336 g/mol. The molecule has 0 saturated heterocycles. The second-order valence-electron chi connectivity index (χ2n) is 5.39. The van der Waals surface area contributed by atoms with Crippen LogP contribution in [0.5, 0.6) is 28.9 Å². The summed E-state index contributed by atoms with van der Waals surface area (Å²) in [5, 5.41) is 3.13. The number of hydrogen-bond acceptors (Lipinski definition) is 8. The summed E-state index contributed by atoms with van der Waals surface area (Å²) >= 11 is 0. The molecule has 0 fully saturated rings. The maximum atomic E-state index is 6.17. The van der Waals surface area contributed by atoms with Crippen molar-refractivity contribution in [2.24, 2.45) is 0 Å². The molecule has 0 radical (unpaired) electrons. The fourth-order valence-corrected chi connectivity index (χ4v) is 2.48. The first-order valence-electron chi connectivity index (χ1n) is 7.82. The quantitative estimate of drug-likeness (QED) is 0.721. The summed E-state index contributed by atoms with van der Waals surface area (Å²) < 4.78 is 21.7. The van der Waals surface area contributed by atoms with Crippen molar-refractivity contribution in [2.45, 2.75) is 0 Å². The first-order valence-corrected chi connectivity index (χ1v) is 7.82. The van der Waals surface area contributed by atoms with Crippen LogP contribution in [0, 0.1) is 0 Å². The lowest BCUT2D eigenvalue weighted by molar-refractivity contribution is 0.174. The van der Waals surface area contributed by atoms with Crippen LogP contribution in [-0.2, 0) is 0 Å². The molecule has 3 aromatic rings. The molecule has 8 heteroatoms. The van der Waals surface area contributed by atoms with Gasteiger partial charge in [0.15, 0.2) is 28.8 Å². The highest BCUT2D eigenvalue weighted by atomic mass is 16.7. The monoisotopic (exact) mass is 352 g/mol. The summed E-state index contributed by atoms with van der Waals surface area (Å²) in [6.45, 7) is 0.214. The number of methoxy groups -OCH3 is 1. The van der Waals surface area contributed by atoms with E-state index in [9.17, 15) is 0 Å². The van der Waals surface area contributed by atoms with Crippen molar-refractivity contribution in [1.82, 2.24) is 9.97 Å². The standard InChI is InChI=1S/C18H16N4O4/c1-23-12-4-2-3-5-14(12)26-18-16(19)17(20-9-21-18)22-11-6-7-13-15(8-11)25-10-24-13/h2-9H,10,19H2,1H3,(H,20,21,22). The third-order valence-electron chi connectivity index (χ3n) is 3.76. The molecule has 2 heterocycles. The Balaban J connectivity index is 1.59. The number of ether oxygens (including phenoxy) is 4. The zero-order valence-electron chi connectivity index (χ0n) is 13.9. The Morgan fingerprint density at radius 2 is 1.85 bits per heavy atom. The van der Waals surface area contributed by atoms with Gasteiger partial charge < -0.3 is 30.0 Å². The van der Waals surface area contributed by atoms with E-state index in [0.29, 0.717) is 28.8 Å². The Hall–Kier alpha value is -3.68. The molecule has 2 aromatic carbocycles. The first kappa shape index (κ1) is 15.8. The van der Waals surface area contributed by atoms with E-state index in [1.807, 2.05) is 30.3 Å². The van der Waals surface area contributed by atoms with Crippen LogP contribution >= 0.6 is 0 Å². The zero-order valence-corrected chi connectivity index (χ0v) is 13.9. The number of rotatable bonds is 5. The number of anilines is 3. The summed E-state index contributed by atoms with van der Waals surface area (Å²) in [6, 6.07) is 12.7. The van der Waals surface area contributed by atoms with E-state index in [4.69, 9.17) is 24.7 Å². The Bertz CT molecular complexity index is 948. The molecule has 0 unspecified atom stereocenters. The van der Waals surface area contributed by atoms with Gasteiger partial charge in [-0.05, 0) is 24.3 Å². The molecular formula is C18H16N4O4. The second-order valence-corrected chi connectivity index (χ2v) is 5.39. The fraction of sp³-hybridized carbons (Fsp3) is 0.111. The lowest BCUT2D eigenvalue weighted by Crippen LogP contribution is -2.03. The van der Waals surface area contributed by atoms with Crippen LogP contribution < -0.4 is 30.0 Å². The highest BCUT2D eigenvalue weighted by Crippen LogP contribution is 2.37. The van der Waals surface area contributed by atoms with E-state index in [2.05, 4.69) is 15.3 Å². The zero-order chi connectivity index (χ0) is 17.9. The highest BCUT2D eigenvalue weighted by Gasteiger charge is 2.16. The van der Waals surface area contributed by atoms with E-state index >= 15 is 0 Å². The van der Waals surface area contributed by atoms with Gasteiger partial charge in [-0.1, -0.05) is 12.1 Å². The molecule has 3 N–H and O–H groups in total. The van der Waals surface area contributed by atoms with E-state index in [-0.39, 0.29) is 18.4 Å². The van der Waals surface area contributed by atoms with E-state index < -0.39 is 0 Å². The van der Waals surface area contributed by atoms with Crippen molar-refractivity contribution >= 4 is 17.2 Å². The third-order valence-corrected chi connectivity index (χ3v) is 3.76. The molecule has 0 aliphatic carbocycles. The van der Waals surface area contributed by atoms with Gasteiger partial charge >= 0.3 is 0 Å². The minimum atomic E-state index is 0.214. The van der Waals surface area contributed by atoms with Crippen LogP contribution in [0.25, 0.3) is 0 Å². The Labute approximate surface area is 149 Å². The predicted molar refractivity (Wildman–Crippen MR) is 95.4 cm³/mol. The maximum Gasteiger partial charge on any atom is 0.248 e. The molecule has 26 heavy (non-hydrogen) atoms. The number of fused-ring (bicyclic) bond motifs is 1. The second kappa shape index (κ2) is 6.67. The van der Waals surface area contributed by atoms with Crippen LogP contribution in [0.3, 0.4) is 0 Å². The van der Waals surface area contributed by atoms with Gasteiger partial charge in [0.2, 0.25) is 12.7 Å². The van der Waals surface area contributed by atoms with Gasteiger partial charge in [-0.15, -0.1) is 0 Å². The van der Waals surface area contributed by atoms with Crippen LogP contribution in [0.2, 0.25) is 0 Å². The molecule has 0 atom stereocenters. The molecule has 1 aromatic heterocycles. The number of nitrogens with two attached hydrogens (primary N) is 1. The molecule has 1 aliphatic heterocycles. The molecule has 8 nitrogen and oxygen atoms in total. The van der Waals surface area contributed by atoms with Crippen molar-refractivity contribution < 1.29 is 18.9 Å². The lowest BCUT2D eigenvalue weighted by atomic mass is 10.2. The Morgan fingerprint density at radius 1 is 1.04 bits per heavy atom. The van der Waals surface area contributed by atoms with E-state index in [1.165, 1.54) is 6.33 Å². The molecule has 0 amide bonds. The molecule has 0 saturated carbocycles. The number of benzene rings is 2. The molecule has 1 aliphatic rings. The largest absolute Gasteiger partial charge is 0.493 e. The maximum absolute atomic E-state index is 6.17. The van der Waals surface area contributed by atoms with Crippen LogP contribution in [-0.4, -0.2) is 23.9 Å². The van der Waals surface area contributed by atoms with Crippen LogP contribution in [0.4, 0.5) is 17.2 Å². The van der Waals surface area contributed by atoms with Crippen LogP contribution in [0.15, 0.2) is 48.8 Å². The summed E-state index contributed by atoms with van der Waals surface area (Å²) in [5.74, 6) is 3.10. The minimum Gasteiger partial charge on any atom is -0.493 e. The third kappa shape index (κ3) is 3.00. The van der Waals surface area contributed by atoms with Gasteiger partial charge in [-0.25, -0.2) is 4.98 Å². The number of nitrogen functional groups attached to an aromatic ring is 1. The van der Waals surface area contributed by atoms with Gasteiger partial charge in [0.1, 0.15) is 12.0 Å². The van der Waals surface area contributed by atoms with Gasteiger partial charge in [-0.3, -0.25) is 0 Å². The number of nitrogens with zero attached hydrogens (tertiary/aromatic N) is 2. The average molecular weight is 352 g/mol. The molecule has 0 bridgehead atoms. The van der Waals surface area contributed by atoms with Gasteiger partial charge in [0.05, 0.1) is 7.11 Å². The van der Waals surface area contributed by atoms with Gasteiger partial charge in [0, 0.05) is 11.8 Å². The smallest absolute Gasteiger partial charge is 0.248 e. The predicted octanol–water partition coefficient (Wildman–Crippen LogP) is 3.33. The van der Waals surface area contributed by atoms with E-state index in [1.54, 1.807) is 19.2 Å². The van der Waals surface area contributed by atoms with Crippen molar-refractivity contribution in [1.29, 1.82) is 0 Å². The van der Waals surface area contributed by atoms with E-state index in [0.717, 1.165) is 5.69 Å². The number of nitrogens with one attached hydrogen (secondary N) is 1.